The van der Waals surface area contributed by atoms with Crippen molar-refractivity contribution in [1.29, 1.82) is 0 Å². The fourth-order valence-corrected chi connectivity index (χ4v) is 1.21. The first kappa shape index (κ1) is 9.23. The van der Waals surface area contributed by atoms with Gasteiger partial charge in [-0.2, -0.15) is 0 Å². The molecule has 1 nitrogen and oxygen atoms in total. The minimum atomic E-state index is 0. The predicted molar refractivity (Wildman–Crippen MR) is 51.4 cm³/mol. The molecule has 0 aliphatic rings. The van der Waals surface area contributed by atoms with E-state index in [0.717, 1.165) is 10.8 Å². The van der Waals surface area contributed by atoms with Crippen LogP contribution in [-0.4, -0.2) is 24.9 Å². The van der Waals surface area contributed by atoms with Gasteiger partial charge in [-0.3, -0.25) is 0 Å². The molecule has 0 unspecified atom stereocenters. The van der Waals surface area contributed by atoms with E-state index in [0.29, 0.717) is 5.75 Å². The van der Waals surface area contributed by atoms with Crippen LogP contribution < -0.4 is 0 Å². The molecule has 2 aromatic rings. The van der Waals surface area contributed by atoms with Crippen molar-refractivity contribution in [3.8, 4) is 5.75 Å². The molecule has 2 aromatic carbocycles. The molecule has 0 amide bonds. The third-order valence-corrected chi connectivity index (χ3v) is 1.77. The van der Waals surface area contributed by atoms with Crippen molar-refractivity contribution in [2.24, 2.45) is 0 Å². The first-order valence-corrected chi connectivity index (χ1v) is 3.54. The van der Waals surface area contributed by atoms with Gasteiger partial charge >= 0.3 is 0 Å². The first-order chi connectivity index (χ1) is 5.38. The molecule has 0 bridgehead atoms. The fourth-order valence-electron chi connectivity index (χ4n) is 1.21. The second-order valence-electron chi connectivity index (χ2n) is 2.50. The van der Waals surface area contributed by atoms with Crippen molar-refractivity contribution in [1.82, 2.24) is 0 Å². The zero-order valence-electron chi connectivity index (χ0n) is 6.57. The Bertz CT molecular complexity index is 379. The summed E-state index contributed by atoms with van der Waals surface area (Å²) in [5.74, 6) is 0.350. The Kier molecular flexibility index (Phi) is 2.84. The van der Waals surface area contributed by atoms with Crippen LogP contribution in [0.15, 0.2) is 42.5 Å². The number of phenols is 1. The Morgan fingerprint density at radius 1 is 0.833 bits per heavy atom. The topological polar surface area (TPSA) is 20.2 Å². The Morgan fingerprint density at radius 3 is 2.25 bits per heavy atom. The van der Waals surface area contributed by atoms with Crippen LogP contribution >= 0.6 is 0 Å². The van der Waals surface area contributed by atoms with E-state index in [1.165, 1.54) is 0 Å². The van der Waals surface area contributed by atoms with Gasteiger partial charge in [0, 0.05) is 25.2 Å². The van der Waals surface area contributed by atoms with E-state index in [4.69, 9.17) is 0 Å². The fraction of sp³-hybridized carbons (Fsp3) is 0. The number of phenolic OH excluding ortho intramolecular Hbond substituents is 1. The molecule has 0 heterocycles. The van der Waals surface area contributed by atoms with E-state index in [-0.39, 0.29) is 19.8 Å². The van der Waals surface area contributed by atoms with Crippen LogP contribution in [0.1, 0.15) is 0 Å². The van der Waals surface area contributed by atoms with E-state index in [2.05, 4.69) is 0 Å². The molecule has 0 aromatic heterocycles. The minimum absolute atomic E-state index is 0. The second-order valence-corrected chi connectivity index (χ2v) is 2.50. The third kappa shape index (κ3) is 1.49. The van der Waals surface area contributed by atoms with E-state index in [1.807, 2.05) is 36.4 Å². The summed E-state index contributed by atoms with van der Waals surface area (Å²) in [5, 5.41) is 11.4. The molecule has 0 aliphatic heterocycles. The van der Waals surface area contributed by atoms with Gasteiger partial charge in [0.25, 0.3) is 0 Å². The summed E-state index contributed by atoms with van der Waals surface area (Å²) in [7, 11) is 0. The van der Waals surface area contributed by atoms with Crippen LogP contribution in [0.4, 0.5) is 0 Å². The van der Waals surface area contributed by atoms with E-state index < -0.39 is 0 Å². The summed E-state index contributed by atoms with van der Waals surface area (Å²) in [4.78, 5) is 0. The van der Waals surface area contributed by atoms with Gasteiger partial charge in [-0.1, -0.05) is 36.4 Å². The summed E-state index contributed by atoms with van der Waals surface area (Å²) < 4.78 is 0. The number of hydrogen-bond acceptors (Lipinski definition) is 1. The van der Waals surface area contributed by atoms with Gasteiger partial charge in [0.2, 0.25) is 0 Å². The second kappa shape index (κ2) is 3.69. The SMILES string of the molecule is Oc1cccc2ccccc12.[Ga]. The normalized spacial score (nSPS) is 9.33. The number of aromatic hydroxyl groups is 1. The monoisotopic (exact) mass is 213 g/mol. The van der Waals surface area contributed by atoms with Crippen LogP contribution in [-0.2, 0) is 0 Å². The van der Waals surface area contributed by atoms with Crippen molar-refractivity contribution < 1.29 is 5.11 Å². The Morgan fingerprint density at radius 2 is 1.50 bits per heavy atom. The molecule has 0 saturated carbocycles. The molecule has 12 heavy (non-hydrogen) atoms. The molecule has 0 atom stereocenters. The average molecular weight is 214 g/mol. The zero-order chi connectivity index (χ0) is 7.68. The third-order valence-electron chi connectivity index (χ3n) is 1.77. The summed E-state index contributed by atoms with van der Waals surface area (Å²) in [6.45, 7) is 0. The van der Waals surface area contributed by atoms with Crippen molar-refractivity contribution in [2.75, 3.05) is 0 Å². The van der Waals surface area contributed by atoms with Crippen LogP contribution in [0.25, 0.3) is 10.8 Å². The van der Waals surface area contributed by atoms with E-state index in [9.17, 15) is 5.11 Å². The number of rotatable bonds is 0. The molecule has 57 valence electrons. The Labute approximate surface area is 84.1 Å². The van der Waals surface area contributed by atoms with Gasteiger partial charge in [0.05, 0.1) is 0 Å². The quantitative estimate of drug-likeness (QED) is 0.666. The predicted octanol–water partition coefficient (Wildman–Crippen LogP) is 2.16. The molecule has 2 heteroatoms. The van der Waals surface area contributed by atoms with E-state index >= 15 is 0 Å². The van der Waals surface area contributed by atoms with Crippen molar-refractivity contribution >= 4 is 30.6 Å². The van der Waals surface area contributed by atoms with Gasteiger partial charge < -0.3 is 5.11 Å². The van der Waals surface area contributed by atoms with E-state index in [1.54, 1.807) is 6.07 Å². The largest absolute Gasteiger partial charge is 0.507 e. The van der Waals surface area contributed by atoms with Crippen LogP contribution in [0.5, 0.6) is 5.75 Å². The molecular formula is C10H8GaO. The van der Waals surface area contributed by atoms with Crippen molar-refractivity contribution in [3.63, 3.8) is 0 Å². The molecule has 2 rings (SSSR count). The Balaban J connectivity index is 0.000000720. The number of hydrogen-bond donors (Lipinski definition) is 1. The van der Waals surface area contributed by atoms with Crippen LogP contribution in [0.3, 0.4) is 0 Å². The maximum atomic E-state index is 9.37. The summed E-state index contributed by atoms with van der Waals surface area (Å²) in [5.41, 5.74) is 0. The van der Waals surface area contributed by atoms with Gasteiger partial charge in [-0.15, -0.1) is 0 Å². The standard InChI is InChI=1S/C10H8O.Ga/c11-10-7-3-5-8-4-1-2-6-9(8)10;/h1-7,11H;. The van der Waals surface area contributed by atoms with Crippen molar-refractivity contribution in [3.05, 3.63) is 42.5 Å². The molecule has 1 N–H and O–H groups in total. The molecular weight excluding hydrogens is 206 g/mol. The van der Waals surface area contributed by atoms with Gasteiger partial charge in [0.15, 0.2) is 0 Å². The first-order valence-electron chi connectivity index (χ1n) is 3.54. The zero-order valence-corrected chi connectivity index (χ0v) is 8.99. The maximum absolute atomic E-state index is 9.37. The van der Waals surface area contributed by atoms with Gasteiger partial charge in [-0.25, -0.2) is 0 Å². The smallest absolute Gasteiger partial charge is 0.123 e. The molecule has 0 spiro atoms. The average Bonchev–Trinajstić information content (AvgIpc) is 2.06. The summed E-state index contributed by atoms with van der Waals surface area (Å²) in [6.07, 6.45) is 0. The molecule has 0 aliphatic carbocycles. The number of fused-ring (bicyclic) bond motifs is 1. The van der Waals surface area contributed by atoms with Crippen LogP contribution in [0, 0.1) is 0 Å². The molecule has 3 radical (unpaired) electrons. The molecule has 0 saturated heterocycles. The Hall–Kier alpha value is -0.864. The van der Waals surface area contributed by atoms with Gasteiger partial charge in [0.1, 0.15) is 5.75 Å². The molecule has 0 fully saturated rings. The van der Waals surface area contributed by atoms with Gasteiger partial charge in [-0.05, 0) is 11.5 Å². The maximum Gasteiger partial charge on any atom is 0.123 e. The summed E-state index contributed by atoms with van der Waals surface area (Å²) >= 11 is 0. The van der Waals surface area contributed by atoms with Crippen molar-refractivity contribution in [2.45, 2.75) is 0 Å². The number of benzene rings is 2. The van der Waals surface area contributed by atoms with Crippen LogP contribution in [0.2, 0.25) is 0 Å². The summed E-state index contributed by atoms with van der Waals surface area (Å²) in [6, 6.07) is 13.3. The minimum Gasteiger partial charge on any atom is -0.507 e.